The Morgan fingerprint density at radius 2 is 1.82 bits per heavy atom. The van der Waals surface area contributed by atoms with Crippen LogP contribution in [-0.4, -0.2) is 50.0 Å². The smallest absolute Gasteiger partial charge is 0.260 e. The highest BCUT2D eigenvalue weighted by atomic mass is 16.2. The van der Waals surface area contributed by atoms with Gasteiger partial charge < -0.3 is 14.7 Å². The molecule has 0 saturated heterocycles. The number of likely N-dealkylation sites (N-methyl/N-ethyl adjacent to an activating group) is 1. The summed E-state index contributed by atoms with van der Waals surface area (Å²) < 4.78 is 0. The summed E-state index contributed by atoms with van der Waals surface area (Å²) >= 11 is 0. The second kappa shape index (κ2) is 5.77. The number of amides is 1. The third kappa shape index (κ3) is 2.44. The van der Waals surface area contributed by atoms with E-state index >= 15 is 0 Å². The first-order valence-corrected chi connectivity index (χ1v) is 7.34. The number of hydrogen-bond donors (Lipinski definition) is 0. The van der Waals surface area contributed by atoms with Gasteiger partial charge in [0.25, 0.3) is 5.91 Å². The van der Waals surface area contributed by atoms with Gasteiger partial charge in [-0.25, -0.2) is 4.98 Å². The molecule has 0 spiro atoms. The maximum absolute atomic E-state index is 13.0. The minimum atomic E-state index is 0.0241. The van der Waals surface area contributed by atoms with Crippen molar-refractivity contribution in [3.8, 4) is 0 Å². The van der Waals surface area contributed by atoms with E-state index in [1.54, 1.807) is 6.20 Å². The Morgan fingerprint density at radius 3 is 2.59 bits per heavy atom. The number of rotatable bonds is 3. The van der Waals surface area contributed by atoms with Crippen LogP contribution in [0, 0.1) is 0 Å². The van der Waals surface area contributed by atoms with Crippen LogP contribution in [0.3, 0.4) is 0 Å². The lowest BCUT2D eigenvalue weighted by atomic mass is 10.1. The zero-order valence-corrected chi connectivity index (χ0v) is 13.2. The molecule has 22 heavy (non-hydrogen) atoms. The van der Waals surface area contributed by atoms with Crippen LogP contribution in [0.1, 0.15) is 10.4 Å². The normalized spacial score (nSPS) is 13.9. The molecule has 0 unspecified atom stereocenters. The third-order valence-electron chi connectivity index (χ3n) is 3.89. The lowest BCUT2D eigenvalue weighted by Gasteiger charge is -2.24. The van der Waals surface area contributed by atoms with Gasteiger partial charge in [-0.3, -0.25) is 4.79 Å². The van der Waals surface area contributed by atoms with Crippen LogP contribution < -0.4 is 9.80 Å². The molecule has 114 valence electrons. The Bertz CT molecular complexity index is 699. The fourth-order valence-corrected chi connectivity index (χ4v) is 2.70. The van der Waals surface area contributed by atoms with E-state index in [1.165, 1.54) is 0 Å². The van der Waals surface area contributed by atoms with Gasteiger partial charge in [0.15, 0.2) is 5.82 Å². The Hall–Kier alpha value is -2.40. The van der Waals surface area contributed by atoms with Crippen molar-refractivity contribution < 1.29 is 4.79 Å². The first-order chi connectivity index (χ1) is 10.6. The van der Waals surface area contributed by atoms with E-state index in [-0.39, 0.29) is 5.91 Å². The fraction of sp³-hybridized carbons (Fsp3) is 0.294. The monoisotopic (exact) mass is 296 g/mol. The molecule has 0 saturated carbocycles. The molecule has 5 heteroatoms. The number of fused-ring (bicyclic) bond motifs is 2. The highest BCUT2D eigenvalue weighted by molar-refractivity contribution is 6.13. The molecule has 0 aliphatic carbocycles. The van der Waals surface area contributed by atoms with Gasteiger partial charge in [-0.1, -0.05) is 12.1 Å². The molecule has 0 bridgehead atoms. The van der Waals surface area contributed by atoms with E-state index in [0.29, 0.717) is 12.1 Å². The SMILES string of the molecule is CN(C)CCN1C(=O)c2ccccc2N(C)c2ncccc21. The number of aromatic nitrogens is 1. The molecule has 1 aliphatic heterocycles. The summed E-state index contributed by atoms with van der Waals surface area (Å²) in [5.41, 5.74) is 2.45. The van der Waals surface area contributed by atoms with Crippen molar-refractivity contribution in [3.05, 3.63) is 48.2 Å². The zero-order chi connectivity index (χ0) is 15.7. The van der Waals surface area contributed by atoms with Crippen LogP contribution in [0.2, 0.25) is 0 Å². The Morgan fingerprint density at radius 1 is 1.09 bits per heavy atom. The van der Waals surface area contributed by atoms with Crippen molar-refractivity contribution >= 4 is 23.1 Å². The molecule has 0 fully saturated rings. The Kier molecular flexibility index (Phi) is 3.81. The summed E-state index contributed by atoms with van der Waals surface area (Å²) in [6, 6.07) is 11.5. The molecule has 3 rings (SSSR count). The second-order valence-electron chi connectivity index (χ2n) is 5.68. The molecular formula is C17H20N4O. The van der Waals surface area contributed by atoms with Gasteiger partial charge in [-0.15, -0.1) is 0 Å². The molecule has 0 atom stereocenters. The van der Waals surface area contributed by atoms with Crippen LogP contribution in [-0.2, 0) is 0 Å². The number of carbonyl (C=O) groups is 1. The van der Waals surface area contributed by atoms with Crippen molar-refractivity contribution in [2.75, 3.05) is 44.0 Å². The van der Waals surface area contributed by atoms with Crippen LogP contribution >= 0.6 is 0 Å². The summed E-state index contributed by atoms with van der Waals surface area (Å²) in [6.45, 7) is 1.43. The van der Waals surface area contributed by atoms with Crippen LogP contribution in [0.5, 0.6) is 0 Å². The van der Waals surface area contributed by atoms with Crippen molar-refractivity contribution in [2.45, 2.75) is 0 Å². The van der Waals surface area contributed by atoms with Crippen molar-refractivity contribution in [3.63, 3.8) is 0 Å². The predicted octanol–water partition coefficient (Wildman–Crippen LogP) is 2.37. The number of carbonyl (C=O) groups excluding carboxylic acids is 1. The van der Waals surface area contributed by atoms with Gasteiger partial charge in [-0.2, -0.15) is 0 Å². The van der Waals surface area contributed by atoms with Crippen molar-refractivity contribution in [2.24, 2.45) is 0 Å². The average Bonchev–Trinajstić information content (AvgIpc) is 2.62. The molecule has 1 aliphatic rings. The van der Waals surface area contributed by atoms with Crippen LogP contribution in [0.25, 0.3) is 0 Å². The first kappa shape index (κ1) is 14.5. The largest absolute Gasteiger partial charge is 0.327 e. The fourth-order valence-electron chi connectivity index (χ4n) is 2.70. The van der Waals surface area contributed by atoms with Gasteiger partial charge in [0.05, 0.1) is 16.9 Å². The summed E-state index contributed by atoms with van der Waals surface area (Å²) in [4.78, 5) is 23.4. The standard InChI is InChI=1S/C17H20N4O/c1-19(2)11-12-21-15-9-6-10-18-16(15)20(3)14-8-5-4-7-13(14)17(21)22/h4-10H,11-12H2,1-3H3. The topological polar surface area (TPSA) is 39.7 Å². The average molecular weight is 296 g/mol. The van der Waals surface area contributed by atoms with Gasteiger partial charge in [-0.05, 0) is 38.4 Å². The maximum Gasteiger partial charge on any atom is 0.260 e. The van der Waals surface area contributed by atoms with Gasteiger partial charge >= 0.3 is 0 Å². The van der Waals surface area contributed by atoms with Gasteiger partial charge in [0.2, 0.25) is 0 Å². The van der Waals surface area contributed by atoms with Crippen molar-refractivity contribution in [1.29, 1.82) is 0 Å². The number of pyridine rings is 1. The van der Waals surface area contributed by atoms with E-state index < -0.39 is 0 Å². The van der Waals surface area contributed by atoms with E-state index in [9.17, 15) is 4.79 Å². The summed E-state index contributed by atoms with van der Waals surface area (Å²) in [7, 11) is 5.96. The highest BCUT2D eigenvalue weighted by Crippen LogP contribution is 2.37. The Labute approximate surface area is 130 Å². The molecular weight excluding hydrogens is 276 g/mol. The van der Waals surface area contributed by atoms with E-state index in [1.807, 2.05) is 67.3 Å². The number of benzene rings is 1. The lowest BCUT2D eigenvalue weighted by Crippen LogP contribution is -2.36. The highest BCUT2D eigenvalue weighted by Gasteiger charge is 2.29. The maximum atomic E-state index is 13.0. The molecule has 1 amide bonds. The molecule has 1 aromatic carbocycles. The minimum Gasteiger partial charge on any atom is -0.327 e. The quantitative estimate of drug-likeness (QED) is 0.872. The van der Waals surface area contributed by atoms with E-state index in [2.05, 4.69) is 9.88 Å². The van der Waals surface area contributed by atoms with E-state index in [0.717, 1.165) is 23.7 Å². The second-order valence-corrected chi connectivity index (χ2v) is 5.68. The third-order valence-corrected chi connectivity index (χ3v) is 3.89. The van der Waals surface area contributed by atoms with Gasteiger partial charge in [0, 0.05) is 26.3 Å². The number of hydrogen-bond acceptors (Lipinski definition) is 4. The summed E-state index contributed by atoms with van der Waals surface area (Å²) in [5, 5.41) is 0. The van der Waals surface area contributed by atoms with Crippen LogP contribution in [0.4, 0.5) is 17.2 Å². The van der Waals surface area contributed by atoms with E-state index in [4.69, 9.17) is 0 Å². The van der Waals surface area contributed by atoms with Crippen molar-refractivity contribution in [1.82, 2.24) is 9.88 Å². The number of nitrogens with zero attached hydrogens (tertiary/aromatic N) is 4. The summed E-state index contributed by atoms with van der Waals surface area (Å²) in [6.07, 6.45) is 1.76. The zero-order valence-electron chi connectivity index (χ0n) is 13.2. The number of para-hydroxylation sites is 1. The molecule has 0 radical (unpaired) electrons. The molecule has 0 N–H and O–H groups in total. The molecule has 2 heterocycles. The first-order valence-electron chi connectivity index (χ1n) is 7.34. The summed E-state index contributed by atoms with van der Waals surface area (Å²) in [5.74, 6) is 0.829. The van der Waals surface area contributed by atoms with Gasteiger partial charge in [0.1, 0.15) is 0 Å². The van der Waals surface area contributed by atoms with Crippen LogP contribution in [0.15, 0.2) is 42.6 Å². The number of anilines is 3. The minimum absolute atomic E-state index is 0.0241. The predicted molar refractivity (Wildman–Crippen MR) is 89.0 cm³/mol. The molecule has 1 aromatic heterocycles. The Balaban J connectivity index is 2.14. The molecule has 5 nitrogen and oxygen atoms in total. The lowest BCUT2D eigenvalue weighted by molar-refractivity contribution is 0.0986. The molecule has 2 aromatic rings.